The Balaban J connectivity index is 1.40. The predicted molar refractivity (Wildman–Crippen MR) is 107 cm³/mol. The summed E-state index contributed by atoms with van der Waals surface area (Å²) in [6.07, 6.45) is 1.12. The molecule has 2 heterocycles. The second kappa shape index (κ2) is 7.72. The van der Waals surface area contributed by atoms with Gasteiger partial charge < -0.3 is 9.80 Å². The zero-order valence-corrected chi connectivity index (χ0v) is 16.0. The number of nitrogens with zero attached hydrogens (tertiary/aromatic N) is 3. The van der Waals surface area contributed by atoms with Gasteiger partial charge in [0.05, 0.1) is 11.4 Å². The van der Waals surface area contributed by atoms with Crippen LogP contribution < -0.4 is 4.90 Å². The Kier molecular flexibility index (Phi) is 5.18. The van der Waals surface area contributed by atoms with Gasteiger partial charge in [0.25, 0.3) is 0 Å². The van der Waals surface area contributed by atoms with Gasteiger partial charge in [0.2, 0.25) is 5.91 Å². The molecule has 26 heavy (non-hydrogen) atoms. The molecule has 0 unspecified atom stereocenters. The molecule has 0 bridgehead atoms. The quantitative estimate of drug-likeness (QED) is 0.820. The summed E-state index contributed by atoms with van der Waals surface area (Å²) in [6.45, 7) is 7.47. The van der Waals surface area contributed by atoms with Gasteiger partial charge in [-0.3, -0.25) is 9.69 Å². The Hall–Kier alpha value is -1.98. The number of piperazine rings is 1. The summed E-state index contributed by atoms with van der Waals surface area (Å²) < 4.78 is 0. The number of benzene rings is 2. The van der Waals surface area contributed by atoms with E-state index in [1.54, 1.807) is 6.92 Å². The molecule has 2 aliphatic heterocycles. The molecule has 4 rings (SSSR count). The fourth-order valence-corrected chi connectivity index (χ4v) is 4.86. The minimum Gasteiger partial charge on any atom is -0.340 e. The van der Waals surface area contributed by atoms with Gasteiger partial charge in [0, 0.05) is 49.4 Å². The molecule has 0 N–H and O–H groups in total. The molecule has 0 spiro atoms. The lowest BCUT2D eigenvalue weighted by atomic mass is 10.2. The van der Waals surface area contributed by atoms with Crippen molar-refractivity contribution in [1.82, 2.24) is 9.80 Å². The first-order valence-corrected chi connectivity index (χ1v) is 10.2. The molecule has 5 heteroatoms. The standard InChI is InChI=1S/C21H25N3OS/c1-17(25)23-15-13-22(14-16-23)11-6-12-24-18-7-2-4-9-20(18)26-21-10-5-3-8-19(21)24/h2-5,7-10H,6,11-16H2,1H3. The maximum atomic E-state index is 11.5. The summed E-state index contributed by atoms with van der Waals surface area (Å²) in [5.41, 5.74) is 2.63. The van der Waals surface area contributed by atoms with Crippen molar-refractivity contribution in [3.8, 4) is 0 Å². The first kappa shape index (κ1) is 17.4. The number of amides is 1. The summed E-state index contributed by atoms with van der Waals surface area (Å²) in [4.78, 5) is 21.0. The van der Waals surface area contributed by atoms with Gasteiger partial charge in [0.1, 0.15) is 0 Å². The van der Waals surface area contributed by atoms with Crippen LogP contribution in [-0.2, 0) is 4.79 Å². The summed E-state index contributed by atoms with van der Waals surface area (Å²) in [5.74, 6) is 0.198. The van der Waals surface area contributed by atoms with Crippen molar-refractivity contribution in [3.63, 3.8) is 0 Å². The van der Waals surface area contributed by atoms with Crippen LogP contribution in [-0.4, -0.2) is 55.0 Å². The predicted octanol–water partition coefficient (Wildman–Crippen LogP) is 3.84. The SMILES string of the molecule is CC(=O)N1CCN(CCCN2c3ccccc3Sc3ccccc32)CC1. The van der Waals surface area contributed by atoms with E-state index in [-0.39, 0.29) is 5.91 Å². The van der Waals surface area contributed by atoms with Gasteiger partial charge in [-0.2, -0.15) is 0 Å². The molecule has 2 aliphatic rings. The first-order valence-electron chi connectivity index (χ1n) is 9.34. The minimum absolute atomic E-state index is 0.198. The van der Waals surface area contributed by atoms with Crippen LogP contribution in [0.1, 0.15) is 13.3 Å². The molecule has 0 atom stereocenters. The molecule has 1 saturated heterocycles. The molecule has 0 aromatic heterocycles. The summed E-state index contributed by atoms with van der Waals surface area (Å²) in [6, 6.07) is 17.4. The molecule has 0 saturated carbocycles. The van der Waals surface area contributed by atoms with E-state index < -0.39 is 0 Å². The van der Waals surface area contributed by atoms with Crippen molar-refractivity contribution in [3.05, 3.63) is 48.5 Å². The zero-order chi connectivity index (χ0) is 17.9. The van der Waals surface area contributed by atoms with Gasteiger partial charge in [-0.25, -0.2) is 0 Å². The van der Waals surface area contributed by atoms with Crippen LogP contribution >= 0.6 is 11.8 Å². The first-order chi connectivity index (χ1) is 12.7. The van der Waals surface area contributed by atoms with E-state index in [2.05, 4.69) is 58.3 Å². The molecule has 4 nitrogen and oxygen atoms in total. The molecule has 136 valence electrons. The number of carbonyl (C=O) groups excluding carboxylic acids is 1. The third-order valence-electron chi connectivity index (χ3n) is 5.21. The highest BCUT2D eigenvalue weighted by atomic mass is 32.2. The molecule has 2 aromatic rings. The average molecular weight is 368 g/mol. The van der Waals surface area contributed by atoms with Crippen LogP contribution in [0.5, 0.6) is 0 Å². The van der Waals surface area contributed by atoms with Crippen LogP contribution in [0.4, 0.5) is 11.4 Å². The van der Waals surface area contributed by atoms with Gasteiger partial charge in [-0.1, -0.05) is 36.0 Å². The Morgan fingerprint density at radius 2 is 1.46 bits per heavy atom. The molecule has 0 aliphatic carbocycles. The van der Waals surface area contributed by atoms with Crippen molar-refractivity contribution in [2.75, 3.05) is 44.2 Å². The van der Waals surface area contributed by atoms with E-state index in [0.29, 0.717) is 0 Å². The second-order valence-electron chi connectivity index (χ2n) is 6.89. The maximum absolute atomic E-state index is 11.5. The third kappa shape index (κ3) is 3.60. The number of rotatable bonds is 4. The van der Waals surface area contributed by atoms with Crippen LogP contribution in [0.25, 0.3) is 0 Å². The molecule has 1 fully saturated rings. The van der Waals surface area contributed by atoms with Crippen LogP contribution in [0.15, 0.2) is 58.3 Å². The third-order valence-corrected chi connectivity index (χ3v) is 6.34. The van der Waals surface area contributed by atoms with Crippen molar-refractivity contribution in [2.45, 2.75) is 23.1 Å². The largest absolute Gasteiger partial charge is 0.340 e. The second-order valence-corrected chi connectivity index (χ2v) is 7.97. The van der Waals surface area contributed by atoms with Gasteiger partial charge in [-0.05, 0) is 37.2 Å². The number of anilines is 2. The van der Waals surface area contributed by atoms with Crippen molar-refractivity contribution in [2.24, 2.45) is 0 Å². The topological polar surface area (TPSA) is 26.8 Å². The smallest absolute Gasteiger partial charge is 0.219 e. The van der Waals surface area contributed by atoms with Crippen molar-refractivity contribution < 1.29 is 4.79 Å². The Morgan fingerprint density at radius 3 is 2.04 bits per heavy atom. The molecule has 1 amide bonds. The van der Waals surface area contributed by atoms with E-state index in [4.69, 9.17) is 0 Å². The monoisotopic (exact) mass is 367 g/mol. The minimum atomic E-state index is 0.198. The fraction of sp³-hybridized carbons (Fsp3) is 0.381. The van der Waals surface area contributed by atoms with Gasteiger partial charge in [0.15, 0.2) is 0 Å². The summed E-state index contributed by atoms with van der Waals surface area (Å²) in [5, 5.41) is 0. The number of para-hydroxylation sites is 2. The normalized spacial score (nSPS) is 17.0. The average Bonchev–Trinajstić information content (AvgIpc) is 2.68. The fourth-order valence-electron chi connectivity index (χ4n) is 3.76. The lowest BCUT2D eigenvalue weighted by Gasteiger charge is -2.36. The summed E-state index contributed by atoms with van der Waals surface area (Å²) >= 11 is 1.86. The lowest BCUT2D eigenvalue weighted by Crippen LogP contribution is -2.48. The number of carbonyl (C=O) groups is 1. The molecule has 2 aromatic carbocycles. The molecule has 0 radical (unpaired) electrons. The van der Waals surface area contributed by atoms with E-state index in [1.807, 2.05) is 16.7 Å². The van der Waals surface area contributed by atoms with E-state index >= 15 is 0 Å². The summed E-state index contributed by atoms with van der Waals surface area (Å²) in [7, 11) is 0. The Bertz CT molecular complexity index is 741. The van der Waals surface area contributed by atoms with Crippen molar-refractivity contribution >= 4 is 29.0 Å². The maximum Gasteiger partial charge on any atom is 0.219 e. The van der Waals surface area contributed by atoms with Gasteiger partial charge in [-0.15, -0.1) is 0 Å². The molecular formula is C21H25N3OS. The Labute approximate surface area is 159 Å². The van der Waals surface area contributed by atoms with Gasteiger partial charge >= 0.3 is 0 Å². The van der Waals surface area contributed by atoms with Crippen LogP contribution in [0.3, 0.4) is 0 Å². The number of hydrogen-bond donors (Lipinski definition) is 0. The highest BCUT2D eigenvalue weighted by Gasteiger charge is 2.23. The number of hydrogen-bond acceptors (Lipinski definition) is 4. The van der Waals surface area contributed by atoms with Crippen LogP contribution in [0, 0.1) is 0 Å². The van der Waals surface area contributed by atoms with E-state index in [1.165, 1.54) is 21.2 Å². The van der Waals surface area contributed by atoms with E-state index in [9.17, 15) is 4.79 Å². The highest BCUT2D eigenvalue weighted by molar-refractivity contribution is 7.99. The van der Waals surface area contributed by atoms with Crippen LogP contribution in [0.2, 0.25) is 0 Å². The Morgan fingerprint density at radius 1 is 0.885 bits per heavy atom. The van der Waals surface area contributed by atoms with Crippen molar-refractivity contribution in [1.29, 1.82) is 0 Å². The number of fused-ring (bicyclic) bond motifs is 2. The zero-order valence-electron chi connectivity index (χ0n) is 15.2. The van der Waals surface area contributed by atoms with E-state index in [0.717, 1.165) is 45.7 Å². The highest BCUT2D eigenvalue weighted by Crippen LogP contribution is 2.47. The lowest BCUT2D eigenvalue weighted by molar-refractivity contribution is -0.130. The molecular weight excluding hydrogens is 342 g/mol.